The predicted molar refractivity (Wildman–Crippen MR) is 68.9 cm³/mol. The summed E-state index contributed by atoms with van der Waals surface area (Å²) in [5.41, 5.74) is 0. The van der Waals surface area contributed by atoms with Crippen LogP contribution in [0.5, 0.6) is 0 Å². The first kappa shape index (κ1) is 14.2. The Balaban J connectivity index is 2.06. The number of carbonyl (C=O) groups excluding carboxylic acids is 1. The molecule has 0 atom stereocenters. The van der Waals surface area contributed by atoms with Crippen molar-refractivity contribution < 1.29 is 9.53 Å². The highest BCUT2D eigenvalue weighted by Crippen LogP contribution is 2.17. The molecular weight excluding hydrogens is 216 g/mol. The Bertz CT molecular complexity index is 236. The van der Waals surface area contributed by atoms with E-state index in [2.05, 4.69) is 11.9 Å². The number of nitrogens with one attached hydrogen (secondary N) is 1. The van der Waals surface area contributed by atoms with E-state index in [9.17, 15) is 4.79 Å². The zero-order valence-electron chi connectivity index (χ0n) is 10.8. The summed E-state index contributed by atoms with van der Waals surface area (Å²) in [7, 11) is 1.95. The standard InChI is InChI=1S/C13H24N2O2/c1-3-13(16)15-8-5-12(6-9-15)11-17-10-4-7-14-2/h3,12,14H,1,4-11H2,2H3. The van der Waals surface area contributed by atoms with E-state index in [4.69, 9.17) is 4.74 Å². The molecule has 1 fully saturated rings. The summed E-state index contributed by atoms with van der Waals surface area (Å²) in [6.45, 7) is 7.86. The minimum Gasteiger partial charge on any atom is -0.381 e. The first-order valence-electron chi connectivity index (χ1n) is 6.41. The molecule has 17 heavy (non-hydrogen) atoms. The molecule has 0 unspecified atom stereocenters. The van der Waals surface area contributed by atoms with Crippen LogP contribution in [0.2, 0.25) is 0 Å². The van der Waals surface area contributed by atoms with Crippen molar-refractivity contribution in [3.8, 4) is 0 Å². The first-order valence-corrected chi connectivity index (χ1v) is 6.41. The second-order valence-electron chi connectivity index (χ2n) is 4.50. The summed E-state index contributed by atoms with van der Waals surface area (Å²) in [5, 5.41) is 3.10. The number of rotatable bonds is 7. The Morgan fingerprint density at radius 3 is 2.82 bits per heavy atom. The predicted octanol–water partition coefficient (Wildman–Crippen LogP) is 1.04. The maximum atomic E-state index is 11.4. The third-order valence-electron chi connectivity index (χ3n) is 3.17. The van der Waals surface area contributed by atoms with Gasteiger partial charge in [0.2, 0.25) is 5.91 Å². The zero-order chi connectivity index (χ0) is 12.5. The number of amides is 1. The van der Waals surface area contributed by atoms with Gasteiger partial charge in [0.15, 0.2) is 0 Å². The molecule has 4 heteroatoms. The molecule has 4 nitrogen and oxygen atoms in total. The molecule has 0 saturated carbocycles. The number of hydrogen-bond donors (Lipinski definition) is 1. The fraction of sp³-hybridized carbons (Fsp3) is 0.769. The molecule has 1 rings (SSSR count). The second-order valence-corrected chi connectivity index (χ2v) is 4.50. The lowest BCUT2D eigenvalue weighted by Gasteiger charge is -2.31. The number of piperidine rings is 1. The van der Waals surface area contributed by atoms with Gasteiger partial charge in [-0.25, -0.2) is 0 Å². The van der Waals surface area contributed by atoms with Crippen molar-refractivity contribution >= 4 is 5.91 Å². The number of likely N-dealkylation sites (tertiary alicyclic amines) is 1. The zero-order valence-corrected chi connectivity index (χ0v) is 10.8. The van der Waals surface area contributed by atoms with Crippen molar-refractivity contribution in [1.82, 2.24) is 10.2 Å². The summed E-state index contributed by atoms with van der Waals surface area (Å²) >= 11 is 0. The Kier molecular flexibility index (Phi) is 6.89. The van der Waals surface area contributed by atoms with Crippen LogP contribution in [0, 0.1) is 5.92 Å². The maximum absolute atomic E-state index is 11.4. The van der Waals surface area contributed by atoms with E-state index in [-0.39, 0.29) is 5.91 Å². The van der Waals surface area contributed by atoms with Crippen LogP contribution in [-0.4, -0.2) is 50.7 Å². The van der Waals surface area contributed by atoms with Gasteiger partial charge in [0, 0.05) is 26.3 Å². The molecule has 98 valence electrons. The highest BCUT2D eigenvalue weighted by Gasteiger charge is 2.21. The topological polar surface area (TPSA) is 41.6 Å². The molecule has 0 aliphatic carbocycles. The Labute approximate surface area is 104 Å². The number of hydrogen-bond acceptors (Lipinski definition) is 3. The molecule has 1 aliphatic heterocycles. The van der Waals surface area contributed by atoms with Crippen LogP contribution in [0.4, 0.5) is 0 Å². The third kappa shape index (κ3) is 5.33. The van der Waals surface area contributed by atoms with Crippen molar-refractivity contribution in [2.75, 3.05) is 39.9 Å². The lowest BCUT2D eigenvalue weighted by Crippen LogP contribution is -2.38. The number of nitrogens with zero attached hydrogens (tertiary/aromatic N) is 1. The number of ether oxygens (including phenoxy) is 1. The Morgan fingerprint density at radius 1 is 1.53 bits per heavy atom. The SMILES string of the molecule is C=CC(=O)N1CCC(COCCCNC)CC1. The van der Waals surface area contributed by atoms with Crippen molar-refractivity contribution in [3.05, 3.63) is 12.7 Å². The molecule has 1 heterocycles. The fourth-order valence-electron chi connectivity index (χ4n) is 2.05. The second kappa shape index (κ2) is 8.25. The van der Waals surface area contributed by atoms with E-state index < -0.39 is 0 Å². The smallest absolute Gasteiger partial charge is 0.245 e. The normalized spacial score (nSPS) is 17.1. The Hall–Kier alpha value is -0.870. The highest BCUT2D eigenvalue weighted by molar-refractivity contribution is 5.87. The third-order valence-corrected chi connectivity index (χ3v) is 3.17. The van der Waals surface area contributed by atoms with Crippen molar-refractivity contribution in [1.29, 1.82) is 0 Å². The lowest BCUT2D eigenvalue weighted by molar-refractivity contribution is -0.127. The number of carbonyl (C=O) groups is 1. The maximum Gasteiger partial charge on any atom is 0.245 e. The monoisotopic (exact) mass is 240 g/mol. The molecule has 0 bridgehead atoms. The van der Waals surface area contributed by atoms with Crippen molar-refractivity contribution in [2.24, 2.45) is 5.92 Å². The average molecular weight is 240 g/mol. The van der Waals surface area contributed by atoms with E-state index in [1.165, 1.54) is 6.08 Å². The van der Waals surface area contributed by atoms with Crippen molar-refractivity contribution in [2.45, 2.75) is 19.3 Å². The summed E-state index contributed by atoms with van der Waals surface area (Å²) in [6.07, 6.45) is 4.55. The van der Waals surface area contributed by atoms with Gasteiger partial charge in [-0.05, 0) is 44.8 Å². The van der Waals surface area contributed by atoms with Gasteiger partial charge in [-0.15, -0.1) is 0 Å². The summed E-state index contributed by atoms with van der Waals surface area (Å²) in [5.74, 6) is 0.664. The first-order chi connectivity index (χ1) is 8.27. The van der Waals surface area contributed by atoms with E-state index in [0.717, 1.165) is 52.1 Å². The van der Waals surface area contributed by atoms with Crippen LogP contribution < -0.4 is 5.32 Å². The molecule has 1 amide bonds. The van der Waals surface area contributed by atoms with Crippen LogP contribution in [0.25, 0.3) is 0 Å². The molecule has 0 spiro atoms. The molecule has 0 aromatic heterocycles. The minimum atomic E-state index is 0.0541. The van der Waals surface area contributed by atoms with Gasteiger partial charge in [-0.2, -0.15) is 0 Å². The minimum absolute atomic E-state index is 0.0541. The van der Waals surface area contributed by atoms with Gasteiger partial charge in [-0.3, -0.25) is 4.79 Å². The average Bonchev–Trinajstić information content (AvgIpc) is 2.38. The molecule has 0 aromatic rings. The quantitative estimate of drug-likeness (QED) is 0.534. The lowest BCUT2D eigenvalue weighted by atomic mass is 9.98. The molecule has 1 N–H and O–H groups in total. The fourth-order valence-corrected chi connectivity index (χ4v) is 2.05. The highest BCUT2D eigenvalue weighted by atomic mass is 16.5. The molecule has 0 radical (unpaired) electrons. The largest absolute Gasteiger partial charge is 0.381 e. The van der Waals surface area contributed by atoms with E-state index >= 15 is 0 Å². The van der Waals surface area contributed by atoms with Crippen LogP contribution >= 0.6 is 0 Å². The van der Waals surface area contributed by atoms with Crippen LogP contribution in [0.3, 0.4) is 0 Å². The van der Waals surface area contributed by atoms with Crippen molar-refractivity contribution in [3.63, 3.8) is 0 Å². The van der Waals surface area contributed by atoms with Gasteiger partial charge in [0.1, 0.15) is 0 Å². The Morgan fingerprint density at radius 2 is 2.24 bits per heavy atom. The van der Waals surface area contributed by atoms with Crippen LogP contribution in [-0.2, 0) is 9.53 Å². The summed E-state index contributed by atoms with van der Waals surface area (Å²) < 4.78 is 5.63. The van der Waals surface area contributed by atoms with Gasteiger partial charge in [-0.1, -0.05) is 6.58 Å². The van der Waals surface area contributed by atoms with Gasteiger partial charge < -0.3 is 15.0 Å². The van der Waals surface area contributed by atoms with Crippen LogP contribution in [0.15, 0.2) is 12.7 Å². The molecule has 0 aromatic carbocycles. The van der Waals surface area contributed by atoms with Gasteiger partial charge in [0.25, 0.3) is 0 Å². The summed E-state index contributed by atoms with van der Waals surface area (Å²) in [4.78, 5) is 13.2. The van der Waals surface area contributed by atoms with Crippen LogP contribution in [0.1, 0.15) is 19.3 Å². The van der Waals surface area contributed by atoms with Gasteiger partial charge in [0.05, 0.1) is 0 Å². The molecule has 1 aliphatic rings. The van der Waals surface area contributed by atoms with E-state index in [1.54, 1.807) is 0 Å². The van der Waals surface area contributed by atoms with E-state index in [0.29, 0.717) is 5.92 Å². The molecule has 1 saturated heterocycles. The molecular formula is C13H24N2O2. The van der Waals surface area contributed by atoms with Gasteiger partial charge >= 0.3 is 0 Å². The van der Waals surface area contributed by atoms with E-state index in [1.807, 2.05) is 11.9 Å². The summed E-state index contributed by atoms with van der Waals surface area (Å²) in [6, 6.07) is 0.